The van der Waals surface area contributed by atoms with E-state index in [-0.39, 0.29) is 5.91 Å². The quantitative estimate of drug-likeness (QED) is 0.931. The van der Waals surface area contributed by atoms with E-state index in [4.69, 9.17) is 0 Å². The lowest BCUT2D eigenvalue weighted by atomic mass is 10.2. The number of aromatic nitrogens is 4. The van der Waals surface area contributed by atoms with Crippen molar-refractivity contribution in [2.75, 3.05) is 5.32 Å². The molecule has 2 rings (SSSR count). The van der Waals surface area contributed by atoms with Crippen molar-refractivity contribution >= 4 is 11.6 Å². The van der Waals surface area contributed by atoms with Crippen molar-refractivity contribution in [3.63, 3.8) is 0 Å². The van der Waals surface area contributed by atoms with Crippen LogP contribution in [0.25, 0.3) is 0 Å². The number of hydrogen-bond donors (Lipinski definition) is 1. The van der Waals surface area contributed by atoms with Crippen molar-refractivity contribution in [2.24, 2.45) is 0 Å². The van der Waals surface area contributed by atoms with Crippen molar-refractivity contribution < 1.29 is 4.79 Å². The summed E-state index contributed by atoms with van der Waals surface area (Å²) in [5.74, 6) is -0.126. The second-order valence-electron chi connectivity index (χ2n) is 4.78. The summed E-state index contributed by atoms with van der Waals surface area (Å²) in [7, 11) is 0. The smallest absolute Gasteiger partial charge is 0.259 e. The summed E-state index contributed by atoms with van der Waals surface area (Å²) in [6.45, 7) is 11.3. The topological polar surface area (TPSA) is 64.7 Å². The molecule has 0 atom stereocenters. The van der Waals surface area contributed by atoms with Gasteiger partial charge in [0.2, 0.25) is 0 Å². The van der Waals surface area contributed by atoms with Crippen LogP contribution < -0.4 is 5.32 Å². The Balaban J connectivity index is 2.28. The van der Waals surface area contributed by atoms with E-state index >= 15 is 0 Å². The average Bonchev–Trinajstić information content (AvgIpc) is 2.90. The van der Waals surface area contributed by atoms with E-state index < -0.39 is 0 Å². The minimum Gasteiger partial charge on any atom is -0.319 e. The van der Waals surface area contributed by atoms with Crippen LogP contribution in [0.2, 0.25) is 0 Å². The first-order valence-electron chi connectivity index (χ1n) is 6.87. The molecule has 1 N–H and O–H groups in total. The van der Waals surface area contributed by atoms with Gasteiger partial charge in [-0.15, -0.1) is 0 Å². The Morgan fingerprint density at radius 3 is 2.30 bits per heavy atom. The third kappa shape index (κ3) is 2.33. The molecule has 6 heteroatoms. The van der Waals surface area contributed by atoms with E-state index in [1.165, 1.54) is 0 Å². The largest absolute Gasteiger partial charge is 0.319 e. The minimum absolute atomic E-state index is 0.126. The summed E-state index contributed by atoms with van der Waals surface area (Å²) >= 11 is 0. The van der Waals surface area contributed by atoms with Crippen molar-refractivity contribution in [3.05, 3.63) is 28.8 Å². The zero-order valence-corrected chi connectivity index (χ0v) is 12.7. The first kappa shape index (κ1) is 14.3. The highest BCUT2D eigenvalue weighted by Crippen LogP contribution is 2.18. The van der Waals surface area contributed by atoms with Crippen LogP contribution in [0.4, 0.5) is 5.69 Å². The average molecular weight is 275 g/mol. The molecule has 2 aromatic rings. The zero-order valence-electron chi connectivity index (χ0n) is 12.7. The molecule has 0 aliphatic carbocycles. The molecule has 0 fully saturated rings. The second-order valence-corrected chi connectivity index (χ2v) is 4.78. The van der Waals surface area contributed by atoms with Gasteiger partial charge in [-0.3, -0.25) is 14.2 Å². The molecule has 0 bridgehead atoms. The van der Waals surface area contributed by atoms with Gasteiger partial charge in [0.1, 0.15) is 0 Å². The molecule has 2 heterocycles. The van der Waals surface area contributed by atoms with Crippen molar-refractivity contribution in [2.45, 2.75) is 47.7 Å². The zero-order chi connectivity index (χ0) is 14.9. The third-order valence-electron chi connectivity index (χ3n) is 3.56. The van der Waals surface area contributed by atoms with E-state index in [1.54, 1.807) is 6.20 Å². The molecule has 108 valence electrons. The molecule has 0 unspecified atom stereocenters. The first-order chi connectivity index (χ1) is 9.49. The van der Waals surface area contributed by atoms with Gasteiger partial charge in [-0.1, -0.05) is 0 Å². The van der Waals surface area contributed by atoms with Gasteiger partial charge in [-0.25, -0.2) is 0 Å². The van der Waals surface area contributed by atoms with E-state index in [1.807, 2.05) is 44.0 Å². The van der Waals surface area contributed by atoms with Gasteiger partial charge >= 0.3 is 0 Å². The van der Waals surface area contributed by atoms with Gasteiger partial charge in [0.05, 0.1) is 28.8 Å². The molecule has 0 saturated heterocycles. The normalized spacial score (nSPS) is 10.8. The number of anilines is 1. The maximum atomic E-state index is 12.4. The van der Waals surface area contributed by atoms with E-state index in [0.717, 1.165) is 35.9 Å². The number of carbonyl (C=O) groups excluding carboxylic acids is 1. The van der Waals surface area contributed by atoms with Gasteiger partial charge in [-0.05, 0) is 34.6 Å². The molecule has 0 saturated carbocycles. The fourth-order valence-corrected chi connectivity index (χ4v) is 2.41. The van der Waals surface area contributed by atoms with Crippen LogP contribution in [0, 0.1) is 20.8 Å². The first-order valence-corrected chi connectivity index (χ1v) is 6.87. The summed E-state index contributed by atoms with van der Waals surface area (Å²) in [6, 6.07) is 0. The second kappa shape index (κ2) is 5.48. The molecule has 0 spiro atoms. The maximum absolute atomic E-state index is 12.4. The summed E-state index contributed by atoms with van der Waals surface area (Å²) < 4.78 is 3.69. The summed E-state index contributed by atoms with van der Waals surface area (Å²) in [6.07, 6.45) is 1.69. The number of aryl methyl sites for hydroxylation is 3. The Bertz CT molecular complexity index is 638. The van der Waals surface area contributed by atoms with Crippen LogP contribution in [0.5, 0.6) is 0 Å². The lowest BCUT2D eigenvalue weighted by Gasteiger charge is -2.06. The molecular formula is C14H21N5O. The van der Waals surface area contributed by atoms with Crippen LogP contribution >= 0.6 is 0 Å². The van der Waals surface area contributed by atoms with Crippen LogP contribution in [-0.4, -0.2) is 25.5 Å². The monoisotopic (exact) mass is 275 g/mol. The number of hydrogen-bond acceptors (Lipinski definition) is 3. The summed E-state index contributed by atoms with van der Waals surface area (Å²) in [5, 5.41) is 11.5. The van der Waals surface area contributed by atoms with Crippen LogP contribution in [0.3, 0.4) is 0 Å². The predicted octanol–water partition coefficient (Wildman–Crippen LogP) is 2.30. The van der Waals surface area contributed by atoms with Gasteiger partial charge in [-0.2, -0.15) is 10.2 Å². The number of carbonyl (C=O) groups is 1. The van der Waals surface area contributed by atoms with Crippen LogP contribution in [-0.2, 0) is 13.1 Å². The SMILES string of the molecule is CCn1ncc(NC(=O)c2c(C)nn(CC)c2C)c1C. The van der Waals surface area contributed by atoms with Crippen molar-refractivity contribution in [1.29, 1.82) is 0 Å². The van der Waals surface area contributed by atoms with Crippen molar-refractivity contribution in [1.82, 2.24) is 19.6 Å². The molecule has 0 aliphatic rings. The standard InChI is InChI=1S/C14H21N5O/c1-6-18-10(4)12(8-15-18)16-14(20)13-9(3)17-19(7-2)11(13)5/h8H,6-7H2,1-5H3,(H,16,20). The molecule has 0 aliphatic heterocycles. The lowest BCUT2D eigenvalue weighted by molar-refractivity contribution is 0.102. The van der Waals surface area contributed by atoms with E-state index in [9.17, 15) is 4.79 Å². The lowest BCUT2D eigenvalue weighted by Crippen LogP contribution is -2.15. The number of nitrogens with one attached hydrogen (secondary N) is 1. The fraction of sp³-hybridized carbons (Fsp3) is 0.500. The Hall–Kier alpha value is -2.11. The highest BCUT2D eigenvalue weighted by molar-refractivity contribution is 6.06. The third-order valence-corrected chi connectivity index (χ3v) is 3.56. The number of rotatable bonds is 4. The van der Waals surface area contributed by atoms with E-state index in [0.29, 0.717) is 5.56 Å². The molecule has 2 aromatic heterocycles. The van der Waals surface area contributed by atoms with Gasteiger partial charge in [0.25, 0.3) is 5.91 Å². The molecule has 20 heavy (non-hydrogen) atoms. The van der Waals surface area contributed by atoms with Gasteiger partial charge in [0.15, 0.2) is 0 Å². The fourth-order valence-electron chi connectivity index (χ4n) is 2.41. The van der Waals surface area contributed by atoms with Crippen LogP contribution in [0.15, 0.2) is 6.20 Å². The molecule has 1 amide bonds. The van der Waals surface area contributed by atoms with Crippen molar-refractivity contribution in [3.8, 4) is 0 Å². The molecule has 6 nitrogen and oxygen atoms in total. The molecular weight excluding hydrogens is 254 g/mol. The number of amides is 1. The predicted molar refractivity (Wildman–Crippen MR) is 78.0 cm³/mol. The molecule has 0 aromatic carbocycles. The molecule has 0 radical (unpaired) electrons. The van der Waals surface area contributed by atoms with Crippen LogP contribution in [0.1, 0.15) is 41.3 Å². The Morgan fingerprint density at radius 2 is 1.80 bits per heavy atom. The minimum atomic E-state index is -0.126. The highest BCUT2D eigenvalue weighted by atomic mass is 16.1. The number of nitrogens with zero attached hydrogens (tertiary/aromatic N) is 4. The van der Waals surface area contributed by atoms with E-state index in [2.05, 4.69) is 15.5 Å². The Labute approximate surface area is 118 Å². The Morgan fingerprint density at radius 1 is 1.15 bits per heavy atom. The van der Waals surface area contributed by atoms with Gasteiger partial charge in [0, 0.05) is 18.8 Å². The summed E-state index contributed by atoms with van der Waals surface area (Å²) in [4.78, 5) is 12.4. The van der Waals surface area contributed by atoms with Gasteiger partial charge < -0.3 is 5.32 Å². The maximum Gasteiger partial charge on any atom is 0.259 e. The summed E-state index contributed by atoms with van der Waals surface area (Å²) in [5.41, 5.74) is 4.00. The Kier molecular flexibility index (Phi) is 3.92. The highest BCUT2D eigenvalue weighted by Gasteiger charge is 2.19.